The van der Waals surface area contributed by atoms with Crippen LogP contribution in [-0.2, 0) is 0 Å². The van der Waals surface area contributed by atoms with Crippen LogP contribution in [0, 0.1) is 0 Å². The number of aliphatic hydroxyl groups excluding tert-OH is 1. The molecule has 0 atom stereocenters. The van der Waals surface area contributed by atoms with Crippen LogP contribution in [0.15, 0.2) is 30.3 Å². The van der Waals surface area contributed by atoms with Crippen LogP contribution in [-0.4, -0.2) is 40.6 Å². The molecular weight excluding hydrogens is 266 g/mol. The second-order valence-corrected chi connectivity index (χ2v) is 4.98. The SMILES string of the molecule is CCCCN(CCO)C(=O)c1cc(N)nc2ccccc12. The van der Waals surface area contributed by atoms with Crippen molar-refractivity contribution in [3.63, 3.8) is 0 Å². The zero-order valence-corrected chi connectivity index (χ0v) is 12.2. The number of unbranched alkanes of at least 4 members (excludes halogenated alkanes) is 1. The first-order valence-corrected chi connectivity index (χ1v) is 7.22. The number of carbonyl (C=O) groups is 1. The molecule has 5 heteroatoms. The molecule has 0 radical (unpaired) electrons. The van der Waals surface area contributed by atoms with Gasteiger partial charge in [0.2, 0.25) is 0 Å². The van der Waals surface area contributed by atoms with Crippen molar-refractivity contribution in [2.75, 3.05) is 25.4 Å². The van der Waals surface area contributed by atoms with Gasteiger partial charge in [0, 0.05) is 18.5 Å². The molecule has 0 saturated heterocycles. The largest absolute Gasteiger partial charge is 0.395 e. The molecular formula is C16H21N3O2. The second kappa shape index (κ2) is 7.04. The maximum atomic E-state index is 12.7. The van der Waals surface area contributed by atoms with E-state index in [1.54, 1.807) is 11.0 Å². The van der Waals surface area contributed by atoms with Gasteiger partial charge in [0.1, 0.15) is 5.82 Å². The lowest BCUT2D eigenvalue weighted by molar-refractivity contribution is 0.0721. The Hall–Kier alpha value is -2.14. The number of nitrogens with two attached hydrogens (primary N) is 1. The van der Waals surface area contributed by atoms with Gasteiger partial charge in [-0.15, -0.1) is 0 Å². The maximum absolute atomic E-state index is 12.7. The lowest BCUT2D eigenvalue weighted by atomic mass is 10.1. The Labute approximate surface area is 124 Å². The predicted molar refractivity (Wildman–Crippen MR) is 84.1 cm³/mol. The highest BCUT2D eigenvalue weighted by Crippen LogP contribution is 2.21. The molecule has 0 aliphatic carbocycles. The van der Waals surface area contributed by atoms with Gasteiger partial charge in [-0.05, 0) is 18.6 Å². The smallest absolute Gasteiger partial charge is 0.254 e. The summed E-state index contributed by atoms with van der Waals surface area (Å²) in [6, 6.07) is 9.06. The van der Waals surface area contributed by atoms with Gasteiger partial charge in [-0.1, -0.05) is 31.5 Å². The van der Waals surface area contributed by atoms with Crippen molar-refractivity contribution in [3.05, 3.63) is 35.9 Å². The molecule has 3 N–H and O–H groups in total. The molecule has 0 spiro atoms. The first-order valence-electron chi connectivity index (χ1n) is 7.22. The van der Waals surface area contributed by atoms with Crippen molar-refractivity contribution < 1.29 is 9.90 Å². The fourth-order valence-corrected chi connectivity index (χ4v) is 2.33. The topological polar surface area (TPSA) is 79.5 Å². The van der Waals surface area contributed by atoms with Crippen LogP contribution in [0.2, 0.25) is 0 Å². The Bertz CT molecular complexity index is 628. The summed E-state index contributed by atoms with van der Waals surface area (Å²) >= 11 is 0. The third-order valence-electron chi connectivity index (χ3n) is 3.41. The Kier molecular flexibility index (Phi) is 5.11. The Balaban J connectivity index is 2.41. The monoisotopic (exact) mass is 287 g/mol. The summed E-state index contributed by atoms with van der Waals surface area (Å²) in [5, 5.41) is 9.96. The van der Waals surface area contributed by atoms with Gasteiger partial charge < -0.3 is 15.7 Å². The number of fused-ring (bicyclic) bond motifs is 1. The average molecular weight is 287 g/mol. The zero-order valence-electron chi connectivity index (χ0n) is 12.2. The lowest BCUT2D eigenvalue weighted by Gasteiger charge is -2.22. The number of aromatic nitrogens is 1. The highest BCUT2D eigenvalue weighted by Gasteiger charge is 2.18. The van der Waals surface area contributed by atoms with Crippen LogP contribution in [0.5, 0.6) is 0 Å². The van der Waals surface area contributed by atoms with Gasteiger partial charge >= 0.3 is 0 Å². The predicted octanol–water partition coefficient (Wildman–Crippen LogP) is 2.05. The van der Waals surface area contributed by atoms with Gasteiger partial charge in [0.05, 0.1) is 17.7 Å². The van der Waals surface area contributed by atoms with Crippen LogP contribution in [0.4, 0.5) is 5.82 Å². The van der Waals surface area contributed by atoms with Gasteiger partial charge in [-0.25, -0.2) is 4.98 Å². The summed E-state index contributed by atoms with van der Waals surface area (Å²) in [7, 11) is 0. The van der Waals surface area contributed by atoms with E-state index in [1.807, 2.05) is 24.3 Å². The molecule has 0 bridgehead atoms. The van der Waals surface area contributed by atoms with Crippen LogP contribution in [0.25, 0.3) is 10.9 Å². The maximum Gasteiger partial charge on any atom is 0.254 e. The van der Waals surface area contributed by atoms with Crippen molar-refractivity contribution in [2.24, 2.45) is 0 Å². The molecule has 0 unspecified atom stereocenters. The minimum atomic E-state index is -0.109. The van der Waals surface area contributed by atoms with Crippen LogP contribution in [0.3, 0.4) is 0 Å². The number of rotatable bonds is 6. The minimum Gasteiger partial charge on any atom is -0.395 e. The van der Waals surface area contributed by atoms with E-state index < -0.39 is 0 Å². The number of aliphatic hydroxyl groups is 1. The number of benzene rings is 1. The normalized spacial score (nSPS) is 10.8. The number of para-hydroxylation sites is 1. The number of nitrogen functional groups attached to an aromatic ring is 1. The molecule has 1 amide bonds. The van der Waals surface area contributed by atoms with Crippen molar-refractivity contribution in [1.29, 1.82) is 0 Å². The van der Waals surface area contributed by atoms with E-state index in [0.717, 1.165) is 18.2 Å². The highest BCUT2D eigenvalue weighted by molar-refractivity contribution is 6.06. The molecule has 1 aromatic heterocycles. The molecule has 0 saturated carbocycles. The first-order chi connectivity index (χ1) is 10.2. The zero-order chi connectivity index (χ0) is 15.2. The van der Waals surface area contributed by atoms with Gasteiger partial charge in [0.25, 0.3) is 5.91 Å². The standard InChI is InChI=1S/C16H21N3O2/c1-2-3-8-19(9-10-20)16(21)13-11-15(17)18-14-7-5-4-6-12(13)14/h4-7,11,20H,2-3,8-10H2,1H3,(H2,17,18). The fourth-order valence-electron chi connectivity index (χ4n) is 2.33. The van der Waals surface area contributed by atoms with E-state index in [1.165, 1.54) is 0 Å². The average Bonchev–Trinajstić information content (AvgIpc) is 2.50. The molecule has 2 aromatic rings. The van der Waals surface area contributed by atoms with Crippen molar-refractivity contribution in [2.45, 2.75) is 19.8 Å². The van der Waals surface area contributed by atoms with Gasteiger partial charge in [0.15, 0.2) is 0 Å². The molecule has 0 aliphatic heterocycles. The number of hydrogen-bond acceptors (Lipinski definition) is 4. The summed E-state index contributed by atoms with van der Waals surface area (Å²) in [4.78, 5) is 18.7. The molecule has 0 aliphatic rings. The van der Waals surface area contributed by atoms with Crippen LogP contribution >= 0.6 is 0 Å². The van der Waals surface area contributed by atoms with E-state index in [0.29, 0.717) is 30.0 Å². The van der Waals surface area contributed by atoms with E-state index >= 15 is 0 Å². The number of nitrogens with zero attached hydrogens (tertiary/aromatic N) is 2. The second-order valence-electron chi connectivity index (χ2n) is 4.98. The number of amides is 1. The molecule has 0 fully saturated rings. The Morgan fingerprint density at radius 3 is 2.81 bits per heavy atom. The van der Waals surface area contributed by atoms with E-state index in [-0.39, 0.29) is 12.5 Å². The number of anilines is 1. The molecule has 1 heterocycles. The van der Waals surface area contributed by atoms with Gasteiger partial charge in [-0.3, -0.25) is 4.79 Å². The summed E-state index contributed by atoms with van der Waals surface area (Å²) in [6.45, 7) is 2.98. The summed E-state index contributed by atoms with van der Waals surface area (Å²) in [6.07, 6.45) is 1.90. The Morgan fingerprint density at radius 2 is 2.10 bits per heavy atom. The van der Waals surface area contributed by atoms with Crippen molar-refractivity contribution >= 4 is 22.6 Å². The summed E-state index contributed by atoms with van der Waals surface area (Å²) < 4.78 is 0. The lowest BCUT2D eigenvalue weighted by Crippen LogP contribution is -2.34. The van der Waals surface area contributed by atoms with E-state index in [4.69, 9.17) is 10.8 Å². The Morgan fingerprint density at radius 1 is 1.33 bits per heavy atom. The van der Waals surface area contributed by atoms with Crippen molar-refractivity contribution in [1.82, 2.24) is 9.88 Å². The van der Waals surface area contributed by atoms with Crippen LogP contribution < -0.4 is 5.73 Å². The van der Waals surface area contributed by atoms with Crippen LogP contribution in [0.1, 0.15) is 30.1 Å². The third kappa shape index (κ3) is 3.49. The number of hydrogen-bond donors (Lipinski definition) is 2. The van der Waals surface area contributed by atoms with Crippen molar-refractivity contribution in [3.8, 4) is 0 Å². The van der Waals surface area contributed by atoms with E-state index in [9.17, 15) is 4.79 Å². The third-order valence-corrected chi connectivity index (χ3v) is 3.41. The molecule has 1 aromatic carbocycles. The molecule has 5 nitrogen and oxygen atoms in total. The number of carbonyl (C=O) groups excluding carboxylic acids is 1. The molecule has 112 valence electrons. The van der Waals surface area contributed by atoms with E-state index in [2.05, 4.69) is 11.9 Å². The molecule has 2 rings (SSSR count). The summed E-state index contributed by atoms with van der Waals surface area (Å²) in [5.74, 6) is 0.222. The minimum absolute atomic E-state index is 0.0477. The summed E-state index contributed by atoms with van der Waals surface area (Å²) in [5.41, 5.74) is 7.06. The quantitative estimate of drug-likeness (QED) is 0.852. The highest BCUT2D eigenvalue weighted by atomic mass is 16.3. The molecule has 21 heavy (non-hydrogen) atoms. The van der Waals surface area contributed by atoms with Gasteiger partial charge in [-0.2, -0.15) is 0 Å². The first kappa shape index (κ1) is 15.3. The fraction of sp³-hybridized carbons (Fsp3) is 0.375. The number of pyridine rings is 1.